The van der Waals surface area contributed by atoms with Crippen LogP contribution in [0.3, 0.4) is 0 Å². The average molecular weight is 599 g/mol. The summed E-state index contributed by atoms with van der Waals surface area (Å²) in [6.45, 7) is 13.4. The van der Waals surface area contributed by atoms with Gasteiger partial charge in [-0.15, -0.1) is 0 Å². The summed E-state index contributed by atoms with van der Waals surface area (Å²) in [5.41, 5.74) is 6.74. The molecular weight excluding hydrogens is 558 g/mol. The molecule has 0 aromatic carbocycles. The third kappa shape index (κ3) is 10.8. The predicted molar refractivity (Wildman–Crippen MR) is 148 cm³/mol. The van der Waals surface area contributed by atoms with Gasteiger partial charge in [-0.1, -0.05) is 11.6 Å². The van der Waals surface area contributed by atoms with Crippen LogP contribution in [0.1, 0.15) is 41.5 Å². The maximum atomic E-state index is 13.0. The molecule has 2 rings (SSSR count). The zero-order chi connectivity index (χ0) is 28.3. The number of hydrogen-bond acceptors (Lipinski definition) is 12. The van der Waals surface area contributed by atoms with Crippen LogP contribution in [0.5, 0.6) is 0 Å². The second-order valence-electron chi connectivity index (χ2n) is 8.95. The molecule has 38 heavy (non-hydrogen) atoms. The van der Waals surface area contributed by atoms with Crippen molar-refractivity contribution in [2.75, 3.05) is 57.7 Å². The Morgan fingerprint density at radius 3 is 2.21 bits per heavy atom. The molecule has 0 aliphatic heterocycles. The zero-order valence-electron chi connectivity index (χ0n) is 23.0. The van der Waals surface area contributed by atoms with E-state index in [2.05, 4.69) is 15.0 Å². The van der Waals surface area contributed by atoms with Gasteiger partial charge in [0, 0.05) is 26.2 Å². The van der Waals surface area contributed by atoms with Gasteiger partial charge >= 0.3 is 15.2 Å². The Balaban J connectivity index is 2.08. The highest BCUT2D eigenvalue weighted by Crippen LogP contribution is 2.50. The van der Waals surface area contributed by atoms with Gasteiger partial charge in [-0.25, -0.2) is 4.98 Å². The number of nitrogens with two attached hydrogens (primary N) is 1. The number of rotatable bonds is 19. The lowest BCUT2D eigenvalue weighted by molar-refractivity contribution is 0.0871. The Hall–Kier alpha value is -1.14. The van der Waals surface area contributed by atoms with Crippen LogP contribution >= 0.6 is 26.8 Å². The van der Waals surface area contributed by atoms with Crippen molar-refractivity contribution in [2.24, 2.45) is 0 Å². The van der Waals surface area contributed by atoms with Crippen LogP contribution in [0, 0.1) is 0 Å². The molecule has 16 heteroatoms. The fraction of sp³-hybridized carbons (Fsp3) is 0.773. The molecule has 13 nitrogen and oxygen atoms in total. The predicted octanol–water partition coefficient (Wildman–Crippen LogP) is 4.65. The largest absolute Gasteiger partial charge is 0.368 e. The normalized spacial score (nSPS) is 13.0. The number of ether oxygens (including phenoxy) is 1. The molecule has 2 aromatic heterocycles. The number of aromatic nitrogens is 4. The fourth-order valence-corrected chi connectivity index (χ4v) is 7.27. The van der Waals surface area contributed by atoms with Crippen molar-refractivity contribution in [3.8, 4) is 0 Å². The summed E-state index contributed by atoms with van der Waals surface area (Å²) in [5.74, 6) is 0.0561. The standard InChI is InChI=1S/C22H41ClN6O7P2/c1-7-33-37(30,34-8-2)14-12-28(11-13-32-16-38(31,35-17(3)4)36-18(5)6)9-10-29-15-25-19-20(23)26-22(24)27-21(19)29/h15,17-18H,7-14,16H2,1-6H3,(H2,24,26,27). The van der Waals surface area contributed by atoms with Crippen molar-refractivity contribution in [1.29, 1.82) is 0 Å². The summed E-state index contributed by atoms with van der Waals surface area (Å²) in [6, 6.07) is 0. The number of hydrogen-bond donors (Lipinski definition) is 1. The number of fused-ring (bicyclic) bond motifs is 1. The Bertz CT molecular complexity index is 1080. The van der Waals surface area contributed by atoms with Gasteiger partial charge in [0.05, 0.1) is 44.5 Å². The summed E-state index contributed by atoms with van der Waals surface area (Å²) in [5, 5.41) is 0.183. The summed E-state index contributed by atoms with van der Waals surface area (Å²) >= 11 is 6.15. The molecule has 2 heterocycles. The minimum Gasteiger partial charge on any atom is -0.368 e. The second-order valence-corrected chi connectivity index (χ2v) is 13.4. The number of nitrogen functional groups attached to an aromatic ring is 1. The average Bonchev–Trinajstić information content (AvgIpc) is 3.20. The van der Waals surface area contributed by atoms with Gasteiger partial charge in [0.2, 0.25) is 5.95 Å². The van der Waals surface area contributed by atoms with Crippen molar-refractivity contribution in [3.05, 3.63) is 11.5 Å². The van der Waals surface area contributed by atoms with E-state index in [1.807, 2.05) is 9.47 Å². The molecule has 0 fully saturated rings. The first-order valence-electron chi connectivity index (χ1n) is 12.7. The Labute approximate surface area is 229 Å². The van der Waals surface area contributed by atoms with E-state index in [1.54, 1.807) is 47.9 Å². The lowest BCUT2D eigenvalue weighted by atomic mass is 10.4. The van der Waals surface area contributed by atoms with Gasteiger partial charge in [-0.2, -0.15) is 9.97 Å². The number of nitrogens with zero attached hydrogens (tertiary/aromatic N) is 5. The fourth-order valence-electron chi connectivity index (χ4n) is 3.60. The van der Waals surface area contributed by atoms with Gasteiger partial charge < -0.3 is 33.1 Å². The quantitative estimate of drug-likeness (QED) is 0.136. The SMILES string of the molecule is CCOP(=O)(CCN(CCOCP(=O)(OC(C)C)OC(C)C)CCn1cnc2c(Cl)nc(N)nc21)OCC. The summed E-state index contributed by atoms with van der Waals surface area (Å²) in [4.78, 5) is 14.5. The highest BCUT2D eigenvalue weighted by molar-refractivity contribution is 7.54. The Kier molecular flexibility index (Phi) is 13.6. The molecule has 0 spiro atoms. The second kappa shape index (κ2) is 15.6. The molecule has 0 saturated heterocycles. The minimum absolute atomic E-state index is 0.0561. The number of anilines is 1. The molecule has 0 bridgehead atoms. The first kappa shape index (κ1) is 33.1. The molecular formula is C22H41ClN6O7P2. The molecule has 0 unspecified atom stereocenters. The van der Waals surface area contributed by atoms with Crippen LogP contribution in [0.25, 0.3) is 11.2 Å². The van der Waals surface area contributed by atoms with E-state index in [4.69, 9.17) is 40.2 Å². The van der Waals surface area contributed by atoms with E-state index < -0.39 is 15.2 Å². The van der Waals surface area contributed by atoms with Gasteiger partial charge in [0.1, 0.15) is 11.9 Å². The van der Waals surface area contributed by atoms with E-state index >= 15 is 0 Å². The third-order valence-corrected chi connectivity index (χ3v) is 9.28. The molecule has 0 aliphatic rings. The van der Waals surface area contributed by atoms with Crippen molar-refractivity contribution in [2.45, 2.75) is 60.3 Å². The molecule has 0 radical (unpaired) electrons. The molecule has 2 N–H and O–H groups in total. The van der Waals surface area contributed by atoms with E-state index in [0.717, 1.165) is 0 Å². The highest BCUT2D eigenvalue weighted by Gasteiger charge is 2.29. The van der Waals surface area contributed by atoms with E-state index in [1.165, 1.54) is 0 Å². The Morgan fingerprint density at radius 1 is 1.00 bits per heavy atom. The maximum absolute atomic E-state index is 13.0. The summed E-state index contributed by atoms with van der Waals surface area (Å²) < 4.78 is 55.6. The first-order valence-corrected chi connectivity index (χ1v) is 16.5. The van der Waals surface area contributed by atoms with E-state index in [9.17, 15) is 9.13 Å². The van der Waals surface area contributed by atoms with Gasteiger partial charge in [0.15, 0.2) is 10.8 Å². The van der Waals surface area contributed by atoms with Crippen molar-refractivity contribution < 1.29 is 32.0 Å². The van der Waals surface area contributed by atoms with Crippen LogP contribution in [0.2, 0.25) is 5.15 Å². The first-order chi connectivity index (χ1) is 17.9. The topological polar surface area (TPSA) is 153 Å². The minimum atomic E-state index is -3.42. The lowest BCUT2D eigenvalue weighted by Gasteiger charge is -2.26. The van der Waals surface area contributed by atoms with Crippen molar-refractivity contribution >= 4 is 43.9 Å². The van der Waals surface area contributed by atoms with Crippen LogP contribution in [-0.2, 0) is 38.5 Å². The molecule has 0 saturated carbocycles. The molecule has 2 aromatic rings. The summed E-state index contributed by atoms with van der Waals surface area (Å²) in [6.07, 6.45) is 1.10. The Morgan fingerprint density at radius 2 is 1.63 bits per heavy atom. The maximum Gasteiger partial charge on any atom is 0.356 e. The van der Waals surface area contributed by atoms with Crippen LogP contribution in [-0.4, -0.2) is 88.6 Å². The summed E-state index contributed by atoms with van der Waals surface area (Å²) in [7, 11) is -6.67. The van der Waals surface area contributed by atoms with Gasteiger partial charge in [-0.05, 0) is 41.5 Å². The van der Waals surface area contributed by atoms with Gasteiger partial charge in [0.25, 0.3) is 0 Å². The molecule has 0 amide bonds. The van der Waals surface area contributed by atoms with Crippen LogP contribution in [0.4, 0.5) is 5.95 Å². The number of imidazole rings is 1. The van der Waals surface area contributed by atoms with Crippen molar-refractivity contribution in [1.82, 2.24) is 24.4 Å². The van der Waals surface area contributed by atoms with Crippen molar-refractivity contribution in [3.63, 3.8) is 0 Å². The number of halogens is 1. The zero-order valence-corrected chi connectivity index (χ0v) is 25.6. The highest BCUT2D eigenvalue weighted by atomic mass is 35.5. The molecule has 218 valence electrons. The third-order valence-electron chi connectivity index (χ3n) is 4.98. The van der Waals surface area contributed by atoms with Crippen LogP contribution < -0.4 is 5.73 Å². The smallest absolute Gasteiger partial charge is 0.356 e. The van der Waals surface area contributed by atoms with E-state index in [0.29, 0.717) is 37.3 Å². The molecule has 0 atom stereocenters. The monoisotopic (exact) mass is 598 g/mol. The molecule has 0 aliphatic carbocycles. The van der Waals surface area contributed by atoms with Crippen LogP contribution in [0.15, 0.2) is 6.33 Å². The lowest BCUT2D eigenvalue weighted by Crippen LogP contribution is -2.34. The van der Waals surface area contributed by atoms with E-state index in [-0.39, 0.29) is 55.6 Å². The van der Waals surface area contributed by atoms with Gasteiger partial charge in [-0.3, -0.25) is 14.0 Å².